The van der Waals surface area contributed by atoms with E-state index in [4.69, 9.17) is 0 Å². The number of aryl methyl sites for hydroxylation is 1. The van der Waals surface area contributed by atoms with E-state index in [0.29, 0.717) is 5.69 Å². The van der Waals surface area contributed by atoms with Gasteiger partial charge in [-0.2, -0.15) is 0 Å². The predicted octanol–water partition coefficient (Wildman–Crippen LogP) is 4.84. The third kappa shape index (κ3) is 3.31. The van der Waals surface area contributed by atoms with Crippen molar-refractivity contribution in [3.63, 3.8) is 0 Å². The lowest BCUT2D eigenvalue weighted by atomic mass is 10.0. The summed E-state index contributed by atoms with van der Waals surface area (Å²) in [7, 11) is 0. The standard InChI is InChI=1S/C16H17F2N/c1-3-16(12-6-4-11(2)5-7-12)19-13-8-9-14(17)15(18)10-13/h4-10,16,19H,3H2,1-2H3. The quantitative estimate of drug-likeness (QED) is 0.830. The minimum absolute atomic E-state index is 0.0884. The zero-order valence-corrected chi connectivity index (χ0v) is 11.1. The molecule has 0 aromatic heterocycles. The van der Waals surface area contributed by atoms with Crippen LogP contribution in [-0.2, 0) is 0 Å². The van der Waals surface area contributed by atoms with Crippen molar-refractivity contribution in [3.8, 4) is 0 Å². The van der Waals surface area contributed by atoms with Gasteiger partial charge in [0.15, 0.2) is 11.6 Å². The molecule has 0 aliphatic rings. The molecule has 3 heteroatoms. The second-order valence-electron chi connectivity index (χ2n) is 4.64. The van der Waals surface area contributed by atoms with E-state index in [1.807, 2.05) is 19.1 Å². The highest BCUT2D eigenvalue weighted by Gasteiger charge is 2.10. The van der Waals surface area contributed by atoms with Gasteiger partial charge in [0.1, 0.15) is 0 Å². The molecule has 0 bridgehead atoms. The molecule has 1 atom stereocenters. The van der Waals surface area contributed by atoms with Crippen LogP contribution in [0.15, 0.2) is 42.5 Å². The summed E-state index contributed by atoms with van der Waals surface area (Å²) < 4.78 is 26.1. The van der Waals surface area contributed by atoms with Gasteiger partial charge in [-0.25, -0.2) is 8.78 Å². The van der Waals surface area contributed by atoms with Crippen LogP contribution in [0.3, 0.4) is 0 Å². The van der Waals surface area contributed by atoms with Crippen molar-refractivity contribution < 1.29 is 8.78 Å². The first-order valence-corrected chi connectivity index (χ1v) is 6.38. The van der Waals surface area contributed by atoms with Crippen LogP contribution in [0.4, 0.5) is 14.5 Å². The number of anilines is 1. The van der Waals surface area contributed by atoms with Crippen molar-refractivity contribution in [1.82, 2.24) is 0 Å². The lowest BCUT2D eigenvalue weighted by Gasteiger charge is -2.19. The second-order valence-corrected chi connectivity index (χ2v) is 4.64. The van der Waals surface area contributed by atoms with Crippen LogP contribution in [-0.4, -0.2) is 0 Å². The first-order chi connectivity index (χ1) is 9.10. The number of benzene rings is 2. The summed E-state index contributed by atoms with van der Waals surface area (Å²) in [5, 5.41) is 3.23. The van der Waals surface area contributed by atoms with Crippen molar-refractivity contribution in [3.05, 3.63) is 65.2 Å². The summed E-state index contributed by atoms with van der Waals surface area (Å²) in [6.07, 6.45) is 0.863. The van der Waals surface area contributed by atoms with Gasteiger partial charge in [-0.05, 0) is 31.0 Å². The lowest BCUT2D eigenvalue weighted by Crippen LogP contribution is -2.10. The maximum atomic E-state index is 13.2. The summed E-state index contributed by atoms with van der Waals surface area (Å²) in [5.41, 5.74) is 2.93. The Balaban J connectivity index is 2.18. The fourth-order valence-electron chi connectivity index (χ4n) is 2.01. The fraction of sp³-hybridized carbons (Fsp3) is 0.250. The Morgan fingerprint density at radius 2 is 1.68 bits per heavy atom. The van der Waals surface area contributed by atoms with Gasteiger partial charge in [-0.3, -0.25) is 0 Å². The molecule has 0 spiro atoms. The number of nitrogens with one attached hydrogen (secondary N) is 1. The molecule has 0 radical (unpaired) electrons. The molecule has 19 heavy (non-hydrogen) atoms. The third-order valence-electron chi connectivity index (χ3n) is 3.15. The molecule has 0 amide bonds. The van der Waals surface area contributed by atoms with Crippen molar-refractivity contribution in [2.75, 3.05) is 5.32 Å². The van der Waals surface area contributed by atoms with E-state index in [1.165, 1.54) is 11.6 Å². The van der Waals surface area contributed by atoms with Crippen molar-refractivity contribution in [1.29, 1.82) is 0 Å². The Hall–Kier alpha value is -1.90. The van der Waals surface area contributed by atoms with Crippen LogP contribution in [0.1, 0.15) is 30.5 Å². The number of hydrogen-bond donors (Lipinski definition) is 1. The molecular formula is C16H17F2N. The molecule has 0 heterocycles. The monoisotopic (exact) mass is 261 g/mol. The molecule has 0 saturated carbocycles. The van der Waals surface area contributed by atoms with Crippen LogP contribution in [0, 0.1) is 18.6 Å². The molecule has 2 aromatic carbocycles. The Bertz CT molecular complexity index is 549. The summed E-state index contributed by atoms with van der Waals surface area (Å²) in [6.45, 7) is 4.09. The molecule has 0 saturated heterocycles. The Labute approximate surface area is 112 Å². The Morgan fingerprint density at radius 3 is 2.26 bits per heavy atom. The average Bonchev–Trinajstić information content (AvgIpc) is 2.41. The largest absolute Gasteiger partial charge is 0.378 e. The molecule has 1 unspecified atom stereocenters. The summed E-state index contributed by atoms with van der Waals surface area (Å²) in [6, 6.07) is 12.2. The van der Waals surface area contributed by atoms with E-state index in [2.05, 4.69) is 24.4 Å². The highest BCUT2D eigenvalue weighted by Crippen LogP contribution is 2.23. The Kier molecular flexibility index (Phi) is 4.15. The van der Waals surface area contributed by atoms with Gasteiger partial charge in [0.2, 0.25) is 0 Å². The van der Waals surface area contributed by atoms with E-state index in [0.717, 1.165) is 18.1 Å². The van der Waals surface area contributed by atoms with Crippen molar-refractivity contribution in [2.24, 2.45) is 0 Å². The molecule has 0 aliphatic heterocycles. The predicted molar refractivity (Wildman–Crippen MR) is 74.2 cm³/mol. The molecule has 0 aliphatic carbocycles. The van der Waals surface area contributed by atoms with Crippen LogP contribution in [0.5, 0.6) is 0 Å². The smallest absolute Gasteiger partial charge is 0.160 e. The van der Waals surface area contributed by atoms with E-state index >= 15 is 0 Å². The molecule has 2 aromatic rings. The SMILES string of the molecule is CCC(Nc1ccc(F)c(F)c1)c1ccc(C)cc1. The lowest BCUT2D eigenvalue weighted by molar-refractivity contribution is 0.509. The van der Waals surface area contributed by atoms with Gasteiger partial charge in [0, 0.05) is 11.8 Å². The summed E-state index contributed by atoms with van der Waals surface area (Å²) >= 11 is 0. The van der Waals surface area contributed by atoms with E-state index < -0.39 is 11.6 Å². The highest BCUT2D eigenvalue weighted by molar-refractivity contribution is 5.46. The zero-order chi connectivity index (χ0) is 13.8. The maximum Gasteiger partial charge on any atom is 0.160 e. The van der Waals surface area contributed by atoms with E-state index in [1.54, 1.807) is 6.07 Å². The van der Waals surface area contributed by atoms with Gasteiger partial charge in [0.25, 0.3) is 0 Å². The van der Waals surface area contributed by atoms with Crippen LogP contribution in [0.2, 0.25) is 0 Å². The van der Waals surface area contributed by atoms with E-state index in [9.17, 15) is 8.78 Å². The molecule has 1 N–H and O–H groups in total. The molecule has 100 valence electrons. The maximum absolute atomic E-state index is 13.2. The van der Waals surface area contributed by atoms with Crippen molar-refractivity contribution >= 4 is 5.69 Å². The van der Waals surface area contributed by atoms with Gasteiger partial charge in [-0.1, -0.05) is 36.8 Å². The first-order valence-electron chi connectivity index (χ1n) is 6.38. The minimum Gasteiger partial charge on any atom is -0.378 e. The summed E-state index contributed by atoms with van der Waals surface area (Å²) in [5.74, 6) is -1.65. The fourth-order valence-corrected chi connectivity index (χ4v) is 2.01. The van der Waals surface area contributed by atoms with Gasteiger partial charge >= 0.3 is 0 Å². The van der Waals surface area contributed by atoms with Crippen LogP contribution < -0.4 is 5.32 Å². The summed E-state index contributed by atoms with van der Waals surface area (Å²) in [4.78, 5) is 0. The number of hydrogen-bond acceptors (Lipinski definition) is 1. The number of halogens is 2. The first kappa shape index (κ1) is 13.5. The Morgan fingerprint density at radius 1 is 1.00 bits per heavy atom. The van der Waals surface area contributed by atoms with Gasteiger partial charge in [-0.15, -0.1) is 0 Å². The molecule has 2 rings (SSSR count). The molecule has 1 nitrogen and oxygen atoms in total. The van der Waals surface area contributed by atoms with Gasteiger partial charge < -0.3 is 5.32 Å². The normalized spacial score (nSPS) is 12.2. The second kappa shape index (κ2) is 5.83. The minimum atomic E-state index is -0.830. The topological polar surface area (TPSA) is 12.0 Å². The molecule has 0 fully saturated rings. The van der Waals surface area contributed by atoms with Crippen molar-refractivity contribution in [2.45, 2.75) is 26.3 Å². The van der Waals surface area contributed by atoms with Crippen LogP contribution >= 0.6 is 0 Å². The van der Waals surface area contributed by atoms with Crippen LogP contribution in [0.25, 0.3) is 0 Å². The van der Waals surface area contributed by atoms with Gasteiger partial charge in [0.05, 0.1) is 6.04 Å². The third-order valence-corrected chi connectivity index (χ3v) is 3.15. The highest BCUT2D eigenvalue weighted by atomic mass is 19.2. The zero-order valence-electron chi connectivity index (χ0n) is 11.1. The number of rotatable bonds is 4. The average molecular weight is 261 g/mol. The van der Waals surface area contributed by atoms with E-state index in [-0.39, 0.29) is 6.04 Å². The molecular weight excluding hydrogens is 244 g/mol.